The molecule has 0 radical (unpaired) electrons. The number of aliphatic hydroxyl groups is 1. The van der Waals surface area contributed by atoms with Gasteiger partial charge >= 0.3 is 5.97 Å². The SMILES string of the molecule is COC(=O)c1cccc2c1OC1CC(O)C(N=[N+]=[N-])C21. The molecule has 0 bridgehead atoms. The molecule has 0 amide bonds. The van der Waals surface area contributed by atoms with Gasteiger partial charge in [0.1, 0.15) is 17.4 Å². The van der Waals surface area contributed by atoms with Crippen LogP contribution in [0, 0.1) is 0 Å². The van der Waals surface area contributed by atoms with Crippen molar-refractivity contribution in [2.45, 2.75) is 30.6 Å². The first kappa shape index (κ1) is 12.8. The topological polar surface area (TPSA) is 105 Å². The molecule has 4 atom stereocenters. The normalized spacial score (nSPS) is 29.9. The summed E-state index contributed by atoms with van der Waals surface area (Å²) in [5, 5.41) is 13.6. The molecule has 1 N–H and O–H groups in total. The predicted octanol–water partition coefficient (Wildman–Crippen LogP) is 1.76. The van der Waals surface area contributed by atoms with E-state index in [1.807, 2.05) is 6.07 Å². The smallest absolute Gasteiger partial charge is 0.341 e. The summed E-state index contributed by atoms with van der Waals surface area (Å²) in [7, 11) is 1.31. The number of methoxy groups -OCH3 is 1. The van der Waals surface area contributed by atoms with Gasteiger partial charge in [0, 0.05) is 22.8 Å². The van der Waals surface area contributed by atoms with Crippen molar-refractivity contribution in [1.29, 1.82) is 0 Å². The highest BCUT2D eigenvalue weighted by atomic mass is 16.5. The van der Waals surface area contributed by atoms with Crippen molar-refractivity contribution in [3.05, 3.63) is 39.8 Å². The van der Waals surface area contributed by atoms with Gasteiger partial charge in [-0.1, -0.05) is 17.2 Å². The molecule has 7 heteroatoms. The third-order valence-corrected chi connectivity index (χ3v) is 3.90. The van der Waals surface area contributed by atoms with E-state index < -0.39 is 18.1 Å². The number of azide groups is 1. The van der Waals surface area contributed by atoms with Crippen molar-refractivity contribution >= 4 is 5.97 Å². The second kappa shape index (κ2) is 4.70. The Hall–Kier alpha value is -2.24. The van der Waals surface area contributed by atoms with Crippen LogP contribution in [-0.2, 0) is 4.74 Å². The van der Waals surface area contributed by atoms with Crippen molar-refractivity contribution in [3.8, 4) is 5.75 Å². The molecule has 1 aliphatic carbocycles. The standard InChI is InChI=1S/C13H13N3O4/c1-19-13(18)7-4-2-3-6-10-9(20-12(6)7)5-8(17)11(10)15-16-14/h2-4,8-11,17H,5H2,1H3. The predicted molar refractivity (Wildman–Crippen MR) is 68.5 cm³/mol. The van der Waals surface area contributed by atoms with Gasteiger partial charge in [-0.25, -0.2) is 4.79 Å². The molecule has 1 aromatic carbocycles. The summed E-state index contributed by atoms with van der Waals surface area (Å²) in [6, 6.07) is 4.61. The molecule has 1 heterocycles. The van der Waals surface area contributed by atoms with Crippen LogP contribution in [0.25, 0.3) is 10.4 Å². The number of carbonyl (C=O) groups excluding carboxylic acids is 1. The van der Waals surface area contributed by atoms with Gasteiger partial charge in [-0.3, -0.25) is 0 Å². The number of rotatable bonds is 2. The molecule has 1 aliphatic heterocycles. The molecule has 7 nitrogen and oxygen atoms in total. The lowest BCUT2D eigenvalue weighted by Crippen LogP contribution is -2.21. The third kappa shape index (κ3) is 1.71. The van der Waals surface area contributed by atoms with Gasteiger partial charge in [0.2, 0.25) is 0 Å². The highest BCUT2D eigenvalue weighted by molar-refractivity contribution is 5.93. The Morgan fingerprint density at radius 1 is 1.60 bits per heavy atom. The minimum absolute atomic E-state index is 0.222. The van der Waals surface area contributed by atoms with Crippen molar-refractivity contribution < 1.29 is 19.4 Å². The lowest BCUT2D eigenvalue weighted by atomic mass is 9.93. The molecule has 104 valence electrons. The Morgan fingerprint density at radius 3 is 3.10 bits per heavy atom. The van der Waals surface area contributed by atoms with E-state index in [1.54, 1.807) is 12.1 Å². The second-order valence-electron chi connectivity index (χ2n) is 4.90. The number of benzene rings is 1. The van der Waals surface area contributed by atoms with Crippen LogP contribution in [0.4, 0.5) is 0 Å². The van der Waals surface area contributed by atoms with Gasteiger partial charge in [-0.2, -0.15) is 0 Å². The average molecular weight is 275 g/mol. The number of esters is 1. The summed E-state index contributed by atoms with van der Waals surface area (Å²) in [4.78, 5) is 14.5. The minimum atomic E-state index is -0.726. The summed E-state index contributed by atoms with van der Waals surface area (Å²) >= 11 is 0. The molecule has 1 saturated carbocycles. The highest BCUT2D eigenvalue weighted by Gasteiger charge is 2.50. The third-order valence-electron chi connectivity index (χ3n) is 3.90. The summed E-state index contributed by atoms with van der Waals surface area (Å²) in [6.07, 6.45) is -0.624. The molecule has 0 saturated heterocycles. The number of nitrogens with zero attached hydrogens (tertiary/aromatic N) is 3. The molecule has 20 heavy (non-hydrogen) atoms. The zero-order valence-electron chi connectivity index (χ0n) is 10.8. The fourth-order valence-electron chi connectivity index (χ4n) is 3.07. The monoisotopic (exact) mass is 275 g/mol. The summed E-state index contributed by atoms with van der Waals surface area (Å²) in [6.45, 7) is 0. The lowest BCUT2D eigenvalue weighted by molar-refractivity contribution is 0.0594. The zero-order valence-corrected chi connectivity index (χ0v) is 10.8. The van der Waals surface area contributed by atoms with E-state index in [1.165, 1.54) is 7.11 Å². The maximum absolute atomic E-state index is 11.7. The molecular weight excluding hydrogens is 262 g/mol. The molecule has 1 aromatic rings. The van der Waals surface area contributed by atoms with Crippen LogP contribution in [0.5, 0.6) is 5.75 Å². The van der Waals surface area contributed by atoms with Gasteiger partial charge in [-0.05, 0) is 11.6 Å². The van der Waals surface area contributed by atoms with Crippen LogP contribution in [0.15, 0.2) is 23.3 Å². The average Bonchev–Trinajstić information content (AvgIpc) is 2.94. The second-order valence-corrected chi connectivity index (χ2v) is 4.90. The van der Waals surface area contributed by atoms with E-state index in [2.05, 4.69) is 10.0 Å². The maximum Gasteiger partial charge on any atom is 0.341 e. The van der Waals surface area contributed by atoms with E-state index in [0.717, 1.165) is 5.56 Å². The summed E-state index contributed by atoms with van der Waals surface area (Å²) in [5.74, 6) is -0.220. The van der Waals surface area contributed by atoms with Gasteiger partial charge < -0.3 is 14.6 Å². The van der Waals surface area contributed by atoms with Crippen LogP contribution in [-0.4, -0.2) is 36.4 Å². The molecule has 2 aliphatic rings. The molecule has 3 rings (SSSR count). The van der Waals surface area contributed by atoms with Gasteiger partial charge in [0.15, 0.2) is 0 Å². The van der Waals surface area contributed by atoms with Crippen LogP contribution >= 0.6 is 0 Å². The van der Waals surface area contributed by atoms with Crippen molar-refractivity contribution in [1.82, 2.24) is 0 Å². The minimum Gasteiger partial charge on any atom is -0.488 e. The van der Waals surface area contributed by atoms with E-state index in [-0.39, 0.29) is 12.0 Å². The number of ether oxygens (including phenoxy) is 2. The van der Waals surface area contributed by atoms with E-state index >= 15 is 0 Å². The Kier molecular flexibility index (Phi) is 3.00. The highest BCUT2D eigenvalue weighted by Crippen LogP contribution is 2.49. The Balaban J connectivity index is 2.06. The zero-order chi connectivity index (χ0) is 14.3. The van der Waals surface area contributed by atoms with Gasteiger partial charge in [-0.15, -0.1) is 0 Å². The van der Waals surface area contributed by atoms with Crippen molar-refractivity contribution in [3.63, 3.8) is 0 Å². The number of hydrogen-bond acceptors (Lipinski definition) is 5. The van der Waals surface area contributed by atoms with E-state index in [9.17, 15) is 9.90 Å². The fourth-order valence-corrected chi connectivity index (χ4v) is 3.07. The molecular formula is C13H13N3O4. The van der Waals surface area contributed by atoms with Crippen LogP contribution < -0.4 is 4.74 Å². The molecule has 0 spiro atoms. The van der Waals surface area contributed by atoms with Crippen LogP contribution in [0.3, 0.4) is 0 Å². The van der Waals surface area contributed by atoms with Gasteiger partial charge in [0.05, 0.1) is 19.3 Å². The van der Waals surface area contributed by atoms with E-state index in [4.69, 9.17) is 15.0 Å². The van der Waals surface area contributed by atoms with E-state index in [0.29, 0.717) is 17.7 Å². The summed E-state index contributed by atoms with van der Waals surface area (Å²) in [5.41, 5.74) is 9.76. The molecule has 0 aromatic heterocycles. The Labute approximate surface area is 114 Å². The molecule has 1 fully saturated rings. The summed E-state index contributed by atoms with van der Waals surface area (Å²) < 4.78 is 10.5. The first-order valence-electron chi connectivity index (χ1n) is 6.27. The maximum atomic E-state index is 11.7. The van der Waals surface area contributed by atoms with Crippen molar-refractivity contribution in [2.75, 3.05) is 7.11 Å². The number of aliphatic hydroxyl groups excluding tert-OH is 1. The number of carbonyl (C=O) groups is 1. The molecule has 4 unspecified atom stereocenters. The largest absolute Gasteiger partial charge is 0.488 e. The Morgan fingerprint density at radius 2 is 2.40 bits per heavy atom. The first-order valence-corrected chi connectivity index (χ1v) is 6.27. The number of hydrogen-bond donors (Lipinski definition) is 1. The van der Waals surface area contributed by atoms with Crippen LogP contribution in [0.2, 0.25) is 0 Å². The number of fused-ring (bicyclic) bond motifs is 3. The first-order chi connectivity index (χ1) is 9.67. The quantitative estimate of drug-likeness (QED) is 0.384. The van der Waals surface area contributed by atoms with Gasteiger partial charge in [0.25, 0.3) is 0 Å². The van der Waals surface area contributed by atoms with Crippen LogP contribution in [0.1, 0.15) is 28.3 Å². The fraction of sp³-hybridized carbons (Fsp3) is 0.462. The number of para-hydroxylation sites is 1. The van der Waals surface area contributed by atoms with Crippen molar-refractivity contribution in [2.24, 2.45) is 5.11 Å². The lowest BCUT2D eigenvalue weighted by Gasteiger charge is -2.14. The Bertz CT molecular complexity index is 612.